The Morgan fingerprint density at radius 3 is 2.39 bits per heavy atom. The topological polar surface area (TPSA) is 41.1 Å². The van der Waals surface area contributed by atoms with Gasteiger partial charge >= 0.3 is 0 Å². The first-order valence-corrected chi connectivity index (χ1v) is 6.71. The van der Waals surface area contributed by atoms with Crippen LogP contribution in [0, 0.1) is 5.92 Å². The SMILES string of the molecule is CN(CC1CC1)c1ncc(CNC(C)(C)C)cn1. The van der Waals surface area contributed by atoms with Crippen molar-refractivity contribution < 1.29 is 0 Å². The maximum atomic E-state index is 4.43. The van der Waals surface area contributed by atoms with Crippen LogP contribution in [0.25, 0.3) is 0 Å². The summed E-state index contributed by atoms with van der Waals surface area (Å²) < 4.78 is 0. The Bertz CT molecular complexity index is 376. The first-order valence-electron chi connectivity index (χ1n) is 6.71. The Labute approximate surface area is 110 Å². The molecule has 0 aliphatic heterocycles. The predicted molar refractivity (Wildman–Crippen MR) is 74.6 cm³/mol. The molecule has 1 saturated carbocycles. The summed E-state index contributed by atoms with van der Waals surface area (Å²) in [5.41, 5.74) is 1.26. The molecule has 0 atom stereocenters. The van der Waals surface area contributed by atoms with Gasteiger partial charge in [-0.3, -0.25) is 0 Å². The predicted octanol–water partition coefficient (Wildman–Crippen LogP) is 2.21. The van der Waals surface area contributed by atoms with Crippen LogP contribution >= 0.6 is 0 Å². The third-order valence-corrected chi connectivity index (χ3v) is 3.08. The van der Waals surface area contributed by atoms with Crippen LogP contribution < -0.4 is 10.2 Å². The largest absolute Gasteiger partial charge is 0.344 e. The van der Waals surface area contributed by atoms with Gasteiger partial charge in [0.25, 0.3) is 0 Å². The zero-order valence-corrected chi connectivity index (χ0v) is 11.9. The molecule has 18 heavy (non-hydrogen) atoms. The molecule has 1 aromatic rings. The average Bonchev–Trinajstić information content (AvgIpc) is 3.10. The molecule has 4 nitrogen and oxygen atoms in total. The van der Waals surface area contributed by atoms with Crippen LogP contribution in [0.5, 0.6) is 0 Å². The summed E-state index contributed by atoms with van der Waals surface area (Å²) in [4.78, 5) is 11.0. The number of nitrogens with zero attached hydrogens (tertiary/aromatic N) is 3. The van der Waals surface area contributed by atoms with Gasteiger partial charge in [0.15, 0.2) is 0 Å². The molecule has 1 aliphatic rings. The number of anilines is 1. The second-order valence-corrected chi connectivity index (χ2v) is 6.32. The summed E-state index contributed by atoms with van der Waals surface area (Å²) >= 11 is 0. The molecule has 2 rings (SSSR count). The van der Waals surface area contributed by atoms with E-state index in [-0.39, 0.29) is 5.54 Å². The summed E-state index contributed by atoms with van der Waals surface area (Å²) in [5, 5.41) is 3.44. The third kappa shape index (κ3) is 4.26. The molecule has 100 valence electrons. The fourth-order valence-corrected chi connectivity index (χ4v) is 1.77. The fourth-order valence-electron chi connectivity index (χ4n) is 1.77. The molecule has 1 N–H and O–H groups in total. The number of hydrogen-bond acceptors (Lipinski definition) is 4. The second-order valence-electron chi connectivity index (χ2n) is 6.32. The van der Waals surface area contributed by atoms with Gasteiger partial charge in [-0.1, -0.05) is 0 Å². The van der Waals surface area contributed by atoms with E-state index in [0.717, 1.165) is 30.5 Å². The maximum absolute atomic E-state index is 4.43. The van der Waals surface area contributed by atoms with Crippen LogP contribution in [0.15, 0.2) is 12.4 Å². The lowest BCUT2D eigenvalue weighted by Gasteiger charge is -2.21. The van der Waals surface area contributed by atoms with E-state index in [9.17, 15) is 0 Å². The molecule has 1 aromatic heterocycles. The van der Waals surface area contributed by atoms with Gasteiger partial charge in [-0.15, -0.1) is 0 Å². The average molecular weight is 248 g/mol. The molecule has 0 spiro atoms. The molecule has 1 aliphatic carbocycles. The van der Waals surface area contributed by atoms with Gasteiger partial charge in [-0.05, 0) is 39.5 Å². The Morgan fingerprint density at radius 2 is 1.89 bits per heavy atom. The van der Waals surface area contributed by atoms with E-state index in [0.29, 0.717) is 0 Å². The van der Waals surface area contributed by atoms with Gasteiger partial charge in [0.2, 0.25) is 5.95 Å². The lowest BCUT2D eigenvalue weighted by Crippen LogP contribution is -2.35. The Hall–Kier alpha value is -1.16. The van der Waals surface area contributed by atoms with Crippen molar-refractivity contribution in [2.24, 2.45) is 5.92 Å². The highest BCUT2D eigenvalue weighted by molar-refractivity contribution is 5.28. The van der Waals surface area contributed by atoms with Gasteiger partial charge in [0.05, 0.1) is 0 Å². The van der Waals surface area contributed by atoms with Crippen molar-refractivity contribution in [1.82, 2.24) is 15.3 Å². The summed E-state index contributed by atoms with van der Waals surface area (Å²) in [6.45, 7) is 8.37. The Balaban J connectivity index is 1.88. The van der Waals surface area contributed by atoms with Crippen molar-refractivity contribution in [3.05, 3.63) is 18.0 Å². The zero-order chi connectivity index (χ0) is 13.2. The van der Waals surface area contributed by atoms with E-state index in [1.807, 2.05) is 12.4 Å². The van der Waals surface area contributed by atoms with Crippen LogP contribution in [-0.4, -0.2) is 29.1 Å². The van der Waals surface area contributed by atoms with Gasteiger partial charge < -0.3 is 10.2 Å². The summed E-state index contributed by atoms with van der Waals surface area (Å²) in [6.07, 6.45) is 6.56. The molecule has 1 heterocycles. The molecular weight excluding hydrogens is 224 g/mol. The van der Waals surface area contributed by atoms with E-state index in [1.54, 1.807) is 0 Å². The number of hydrogen-bond donors (Lipinski definition) is 1. The molecule has 0 aromatic carbocycles. The lowest BCUT2D eigenvalue weighted by molar-refractivity contribution is 0.423. The number of aromatic nitrogens is 2. The minimum Gasteiger partial charge on any atom is -0.344 e. The van der Waals surface area contributed by atoms with Gasteiger partial charge in [0, 0.05) is 43.6 Å². The molecule has 0 unspecified atom stereocenters. The van der Waals surface area contributed by atoms with Crippen LogP contribution in [0.4, 0.5) is 5.95 Å². The monoisotopic (exact) mass is 248 g/mol. The number of nitrogens with one attached hydrogen (secondary N) is 1. The second kappa shape index (κ2) is 5.22. The van der Waals surface area contributed by atoms with Crippen LogP contribution in [0.2, 0.25) is 0 Å². The van der Waals surface area contributed by atoms with Crippen molar-refractivity contribution in [1.29, 1.82) is 0 Å². The summed E-state index contributed by atoms with van der Waals surface area (Å²) in [7, 11) is 2.07. The van der Waals surface area contributed by atoms with Crippen molar-refractivity contribution in [3.8, 4) is 0 Å². The standard InChI is InChI=1S/C14H24N4/c1-14(2,3)17-9-12-7-15-13(16-8-12)18(4)10-11-5-6-11/h7-8,11,17H,5-6,9-10H2,1-4H3. The van der Waals surface area contributed by atoms with Crippen molar-refractivity contribution in [3.63, 3.8) is 0 Å². The van der Waals surface area contributed by atoms with Gasteiger partial charge in [0.1, 0.15) is 0 Å². The maximum Gasteiger partial charge on any atom is 0.225 e. The van der Waals surface area contributed by atoms with Crippen LogP contribution in [0.1, 0.15) is 39.2 Å². The highest BCUT2D eigenvalue weighted by Crippen LogP contribution is 2.29. The quantitative estimate of drug-likeness (QED) is 0.867. The summed E-state index contributed by atoms with van der Waals surface area (Å²) in [5.74, 6) is 1.70. The highest BCUT2D eigenvalue weighted by Gasteiger charge is 2.23. The van der Waals surface area contributed by atoms with Crippen molar-refractivity contribution >= 4 is 5.95 Å². The van der Waals surface area contributed by atoms with E-state index in [4.69, 9.17) is 0 Å². The molecule has 1 fully saturated rings. The zero-order valence-electron chi connectivity index (χ0n) is 11.9. The number of rotatable bonds is 5. The smallest absolute Gasteiger partial charge is 0.225 e. The third-order valence-electron chi connectivity index (χ3n) is 3.08. The van der Waals surface area contributed by atoms with Crippen molar-refractivity contribution in [2.45, 2.75) is 45.7 Å². The van der Waals surface area contributed by atoms with E-state index >= 15 is 0 Å². The molecule has 0 amide bonds. The van der Waals surface area contributed by atoms with E-state index < -0.39 is 0 Å². The molecule has 0 saturated heterocycles. The molecule has 4 heteroatoms. The minimum absolute atomic E-state index is 0.126. The van der Waals surface area contributed by atoms with Crippen LogP contribution in [0.3, 0.4) is 0 Å². The Kier molecular flexibility index (Phi) is 3.85. The van der Waals surface area contributed by atoms with E-state index in [2.05, 4.69) is 48.0 Å². The summed E-state index contributed by atoms with van der Waals surface area (Å²) in [6, 6.07) is 0. The Morgan fingerprint density at radius 1 is 1.28 bits per heavy atom. The normalized spacial score (nSPS) is 15.8. The van der Waals surface area contributed by atoms with E-state index in [1.165, 1.54) is 12.8 Å². The lowest BCUT2D eigenvalue weighted by atomic mass is 10.1. The molecule has 0 radical (unpaired) electrons. The molecule has 0 bridgehead atoms. The van der Waals surface area contributed by atoms with Crippen LogP contribution in [-0.2, 0) is 6.54 Å². The first kappa shape index (κ1) is 13.3. The molecular formula is C14H24N4. The first-order chi connectivity index (χ1) is 8.44. The fraction of sp³-hybridized carbons (Fsp3) is 0.714. The van der Waals surface area contributed by atoms with Crippen molar-refractivity contribution in [2.75, 3.05) is 18.5 Å². The van der Waals surface area contributed by atoms with Gasteiger partial charge in [-0.25, -0.2) is 9.97 Å². The highest BCUT2D eigenvalue weighted by atomic mass is 15.2. The minimum atomic E-state index is 0.126. The van der Waals surface area contributed by atoms with Gasteiger partial charge in [-0.2, -0.15) is 0 Å².